The third-order valence-electron chi connectivity index (χ3n) is 6.69. The molecule has 1 aliphatic carbocycles. The number of nitrogens with zero attached hydrogens (tertiary/aromatic N) is 3. The van der Waals surface area contributed by atoms with Crippen LogP contribution in [0.25, 0.3) is 26.8 Å². The van der Waals surface area contributed by atoms with Gasteiger partial charge < -0.3 is 14.6 Å². The van der Waals surface area contributed by atoms with Gasteiger partial charge in [-0.1, -0.05) is 48.8 Å². The highest BCUT2D eigenvalue weighted by Crippen LogP contribution is 2.30. The number of hydrogen-bond donors (Lipinski definition) is 1. The second kappa shape index (κ2) is 8.68. The van der Waals surface area contributed by atoms with Crippen molar-refractivity contribution in [3.05, 3.63) is 59.9 Å². The summed E-state index contributed by atoms with van der Waals surface area (Å²) in [4.78, 5) is 9.51. The van der Waals surface area contributed by atoms with E-state index in [-0.39, 0.29) is 0 Å². The fourth-order valence-electron chi connectivity index (χ4n) is 4.93. The van der Waals surface area contributed by atoms with E-state index in [1.807, 2.05) is 6.33 Å². The minimum Gasteiger partial charge on any atom is -0.377 e. The van der Waals surface area contributed by atoms with Gasteiger partial charge in [-0.05, 0) is 60.2 Å². The third kappa shape index (κ3) is 4.05. The molecule has 0 amide bonds. The average Bonchev–Trinajstić information content (AvgIpc) is 3.43. The monoisotopic (exact) mass is 444 g/mol. The molecule has 4 aromatic rings. The molecule has 0 spiro atoms. The lowest BCUT2D eigenvalue weighted by Crippen LogP contribution is -2.21. The molecular formula is C26H28N4OS. The molecule has 32 heavy (non-hydrogen) atoms. The zero-order valence-corrected chi connectivity index (χ0v) is 19.0. The van der Waals surface area contributed by atoms with Gasteiger partial charge in [0.15, 0.2) is 5.13 Å². The first-order valence-electron chi connectivity index (χ1n) is 11.7. The summed E-state index contributed by atoms with van der Waals surface area (Å²) in [5, 5.41) is 4.73. The van der Waals surface area contributed by atoms with Crippen molar-refractivity contribution < 1.29 is 4.74 Å². The maximum atomic E-state index is 5.45. The van der Waals surface area contributed by atoms with Gasteiger partial charge in [0.2, 0.25) is 0 Å². The first-order chi connectivity index (χ1) is 15.8. The molecule has 3 heterocycles. The van der Waals surface area contributed by atoms with E-state index in [9.17, 15) is 0 Å². The van der Waals surface area contributed by atoms with Crippen LogP contribution in [0.3, 0.4) is 0 Å². The molecule has 2 aromatic heterocycles. The van der Waals surface area contributed by atoms with Crippen molar-refractivity contribution in [1.82, 2.24) is 14.5 Å². The number of rotatable bonds is 5. The Morgan fingerprint density at radius 3 is 2.88 bits per heavy atom. The predicted molar refractivity (Wildman–Crippen MR) is 132 cm³/mol. The first-order valence-corrected chi connectivity index (χ1v) is 12.5. The van der Waals surface area contributed by atoms with Gasteiger partial charge in [-0.2, -0.15) is 0 Å². The molecule has 0 bridgehead atoms. The fourth-order valence-corrected chi connectivity index (χ4v) is 5.93. The van der Waals surface area contributed by atoms with E-state index < -0.39 is 0 Å². The lowest BCUT2D eigenvalue weighted by molar-refractivity contribution is 0.161. The molecule has 1 fully saturated rings. The topological polar surface area (TPSA) is 52.0 Å². The van der Waals surface area contributed by atoms with Crippen molar-refractivity contribution in [2.24, 2.45) is 0 Å². The minimum atomic E-state index is 0.586. The van der Waals surface area contributed by atoms with Crippen LogP contribution in [-0.2, 0) is 11.3 Å². The highest BCUT2D eigenvalue weighted by atomic mass is 32.1. The summed E-state index contributed by atoms with van der Waals surface area (Å²) in [6.45, 7) is 2.32. The van der Waals surface area contributed by atoms with Gasteiger partial charge in [0.25, 0.3) is 0 Å². The van der Waals surface area contributed by atoms with Crippen molar-refractivity contribution in [3.8, 4) is 0 Å². The number of anilines is 1. The minimum absolute atomic E-state index is 0.586. The van der Waals surface area contributed by atoms with Crippen molar-refractivity contribution in [1.29, 1.82) is 0 Å². The van der Waals surface area contributed by atoms with E-state index in [1.54, 1.807) is 11.3 Å². The number of thiazole rings is 1. The number of aromatic nitrogens is 3. The van der Waals surface area contributed by atoms with Crippen molar-refractivity contribution in [2.45, 2.75) is 51.1 Å². The SMILES string of the molecule is C1=C(c2ccc3c(c2)ncn3Cc2ccc3nc(NC4CCCCC4)sc3c2)CCOC1. The highest BCUT2D eigenvalue weighted by molar-refractivity contribution is 7.22. The molecule has 6 rings (SSSR count). The van der Waals surface area contributed by atoms with Gasteiger partial charge in [0.1, 0.15) is 0 Å². The number of ether oxygens (including phenoxy) is 1. The van der Waals surface area contributed by atoms with Gasteiger partial charge in [-0.15, -0.1) is 0 Å². The summed E-state index contributed by atoms with van der Waals surface area (Å²) in [5.41, 5.74) is 7.21. The molecule has 0 radical (unpaired) electrons. The van der Waals surface area contributed by atoms with Crippen LogP contribution >= 0.6 is 11.3 Å². The molecule has 164 valence electrons. The Labute approximate surface area is 192 Å². The average molecular weight is 445 g/mol. The fraction of sp³-hybridized carbons (Fsp3) is 0.385. The Balaban J connectivity index is 1.22. The van der Waals surface area contributed by atoms with Crippen LogP contribution in [0.2, 0.25) is 0 Å². The number of imidazole rings is 1. The van der Waals surface area contributed by atoms with E-state index in [1.165, 1.54) is 59.0 Å². The molecule has 2 aromatic carbocycles. The third-order valence-corrected chi connectivity index (χ3v) is 7.64. The Kier molecular flexibility index (Phi) is 5.41. The van der Waals surface area contributed by atoms with E-state index in [2.05, 4.69) is 57.3 Å². The standard InChI is InChI=1S/C26H28N4OS/c1-2-4-21(5-3-1)28-26-29-22-8-6-18(14-25(22)32-26)16-30-17-27-23-15-20(7-9-24(23)30)19-10-12-31-13-11-19/h6-10,14-15,17,21H,1-5,11-13,16H2,(H,28,29). The van der Waals surface area contributed by atoms with Crippen LogP contribution in [0, 0.1) is 0 Å². The lowest BCUT2D eigenvalue weighted by atomic mass is 9.96. The molecule has 6 heteroatoms. The van der Waals surface area contributed by atoms with Crippen LogP contribution in [0.5, 0.6) is 0 Å². The molecule has 1 saturated carbocycles. The number of benzene rings is 2. The Morgan fingerprint density at radius 1 is 1.06 bits per heavy atom. The van der Waals surface area contributed by atoms with E-state index in [4.69, 9.17) is 9.72 Å². The van der Waals surface area contributed by atoms with E-state index in [0.717, 1.165) is 35.7 Å². The van der Waals surface area contributed by atoms with Gasteiger partial charge in [0, 0.05) is 12.6 Å². The number of nitrogens with one attached hydrogen (secondary N) is 1. The Hall–Kier alpha value is -2.70. The number of hydrogen-bond acceptors (Lipinski definition) is 5. The molecule has 0 saturated heterocycles. The molecule has 1 N–H and O–H groups in total. The molecule has 0 unspecified atom stereocenters. The quantitative estimate of drug-likeness (QED) is 0.396. The number of fused-ring (bicyclic) bond motifs is 2. The molecule has 1 aliphatic heterocycles. The molecular weight excluding hydrogens is 416 g/mol. The second-order valence-corrected chi connectivity index (χ2v) is 9.96. The summed E-state index contributed by atoms with van der Waals surface area (Å²) in [5.74, 6) is 0. The molecule has 5 nitrogen and oxygen atoms in total. The van der Waals surface area contributed by atoms with Crippen molar-refractivity contribution in [3.63, 3.8) is 0 Å². The van der Waals surface area contributed by atoms with Gasteiger partial charge >= 0.3 is 0 Å². The normalized spacial score (nSPS) is 17.7. The maximum absolute atomic E-state index is 5.45. The highest BCUT2D eigenvalue weighted by Gasteiger charge is 2.15. The Bertz CT molecular complexity index is 1280. The maximum Gasteiger partial charge on any atom is 0.184 e. The summed E-state index contributed by atoms with van der Waals surface area (Å²) in [6, 6.07) is 13.8. The summed E-state index contributed by atoms with van der Waals surface area (Å²) < 4.78 is 8.93. The summed E-state index contributed by atoms with van der Waals surface area (Å²) in [6.07, 6.45) is 11.7. The zero-order valence-electron chi connectivity index (χ0n) is 18.2. The zero-order chi connectivity index (χ0) is 21.3. The Morgan fingerprint density at radius 2 is 2.00 bits per heavy atom. The van der Waals surface area contributed by atoms with Gasteiger partial charge in [0.05, 0.1) is 40.8 Å². The lowest BCUT2D eigenvalue weighted by Gasteiger charge is -2.22. The molecule has 2 aliphatic rings. The van der Waals surface area contributed by atoms with Crippen LogP contribution < -0.4 is 5.32 Å². The summed E-state index contributed by atoms with van der Waals surface area (Å²) in [7, 11) is 0. The van der Waals surface area contributed by atoms with E-state index >= 15 is 0 Å². The largest absolute Gasteiger partial charge is 0.377 e. The van der Waals surface area contributed by atoms with E-state index in [0.29, 0.717) is 12.6 Å². The first kappa shape index (κ1) is 19.9. The smallest absolute Gasteiger partial charge is 0.184 e. The predicted octanol–water partition coefficient (Wildman–Crippen LogP) is 6.24. The van der Waals surface area contributed by atoms with Crippen molar-refractivity contribution in [2.75, 3.05) is 18.5 Å². The molecule has 0 atom stereocenters. The van der Waals surface area contributed by atoms with Crippen LogP contribution in [0.15, 0.2) is 48.8 Å². The van der Waals surface area contributed by atoms with Crippen molar-refractivity contribution >= 4 is 43.3 Å². The van der Waals surface area contributed by atoms with Gasteiger partial charge in [-0.3, -0.25) is 0 Å². The van der Waals surface area contributed by atoms with Crippen LogP contribution in [0.4, 0.5) is 5.13 Å². The van der Waals surface area contributed by atoms with Crippen LogP contribution in [0.1, 0.15) is 49.7 Å². The summed E-state index contributed by atoms with van der Waals surface area (Å²) >= 11 is 1.78. The van der Waals surface area contributed by atoms with Crippen LogP contribution in [-0.4, -0.2) is 33.8 Å². The second-order valence-electron chi connectivity index (χ2n) is 8.93. The van der Waals surface area contributed by atoms with Gasteiger partial charge in [-0.25, -0.2) is 9.97 Å².